The van der Waals surface area contributed by atoms with Gasteiger partial charge in [0.05, 0.1) is 29.4 Å². The fourth-order valence-corrected chi connectivity index (χ4v) is 3.57. The molecule has 3 aromatic rings. The van der Waals surface area contributed by atoms with Crippen LogP contribution in [0, 0.1) is 6.92 Å². The SMILES string of the molecule is CCOc1ccccc1-c1csc(NC(=O)Cc2csc(C)n2)n1. The van der Waals surface area contributed by atoms with Crippen LogP contribution in [0.15, 0.2) is 35.0 Å². The van der Waals surface area contributed by atoms with E-state index in [-0.39, 0.29) is 12.3 Å². The van der Waals surface area contributed by atoms with Gasteiger partial charge in [0.25, 0.3) is 0 Å². The van der Waals surface area contributed by atoms with E-state index in [0.717, 1.165) is 27.7 Å². The molecule has 0 radical (unpaired) electrons. The number of anilines is 1. The molecule has 1 aromatic carbocycles. The number of rotatable bonds is 6. The van der Waals surface area contributed by atoms with Crippen LogP contribution in [0.25, 0.3) is 11.3 Å². The largest absolute Gasteiger partial charge is 0.493 e. The number of carbonyl (C=O) groups excluding carboxylic acids is 1. The van der Waals surface area contributed by atoms with Crippen molar-refractivity contribution in [2.24, 2.45) is 0 Å². The van der Waals surface area contributed by atoms with Crippen LogP contribution in [0.4, 0.5) is 5.13 Å². The third kappa shape index (κ3) is 3.98. The number of amides is 1. The lowest BCUT2D eigenvalue weighted by Gasteiger charge is -2.07. The molecular weight excluding hydrogens is 342 g/mol. The zero-order valence-corrected chi connectivity index (χ0v) is 15.0. The standard InChI is InChI=1S/C17H17N3O2S2/c1-3-22-15-7-5-4-6-13(15)14-10-24-17(19-14)20-16(21)8-12-9-23-11(2)18-12/h4-7,9-10H,3,8H2,1-2H3,(H,19,20,21). The molecule has 0 saturated heterocycles. The van der Waals surface area contributed by atoms with E-state index in [1.54, 1.807) is 11.3 Å². The number of carbonyl (C=O) groups is 1. The van der Waals surface area contributed by atoms with Gasteiger partial charge in [-0.2, -0.15) is 0 Å². The van der Waals surface area contributed by atoms with Gasteiger partial charge in [0.1, 0.15) is 5.75 Å². The molecule has 0 saturated carbocycles. The molecule has 0 fully saturated rings. The average Bonchev–Trinajstić information content (AvgIpc) is 3.17. The quantitative estimate of drug-likeness (QED) is 0.718. The molecule has 1 N–H and O–H groups in total. The van der Waals surface area contributed by atoms with Crippen molar-refractivity contribution in [3.05, 3.63) is 45.7 Å². The maximum Gasteiger partial charge on any atom is 0.232 e. The highest BCUT2D eigenvalue weighted by atomic mass is 32.1. The van der Waals surface area contributed by atoms with E-state index in [2.05, 4.69) is 15.3 Å². The van der Waals surface area contributed by atoms with Crippen LogP contribution >= 0.6 is 22.7 Å². The number of thiazole rings is 2. The van der Waals surface area contributed by atoms with Gasteiger partial charge in [0.2, 0.25) is 5.91 Å². The topological polar surface area (TPSA) is 64.1 Å². The van der Waals surface area contributed by atoms with Crippen LogP contribution in [-0.2, 0) is 11.2 Å². The van der Waals surface area contributed by atoms with Gasteiger partial charge in [-0.1, -0.05) is 12.1 Å². The Kier molecular flexibility index (Phi) is 5.22. The number of benzene rings is 1. The van der Waals surface area contributed by atoms with E-state index in [1.807, 2.05) is 48.9 Å². The maximum atomic E-state index is 12.1. The smallest absolute Gasteiger partial charge is 0.232 e. The first-order chi connectivity index (χ1) is 11.7. The van der Waals surface area contributed by atoms with Crippen LogP contribution in [-0.4, -0.2) is 22.5 Å². The summed E-state index contributed by atoms with van der Waals surface area (Å²) in [7, 11) is 0. The molecule has 0 atom stereocenters. The zero-order chi connectivity index (χ0) is 16.9. The van der Waals surface area contributed by atoms with Crippen molar-refractivity contribution in [2.45, 2.75) is 20.3 Å². The second-order valence-corrected chi connectivity index (χ2v) is 6.97. The minimum Gasteiger partial charge on any atom is -0.493 e. The summed E-state index contributed by atoms with van der Waals surface area (Å²) in [5.41, 5.74) is 2.50. The van der Waals surface area contributed by atoms with Crippen molar-refractivity contribution in [3.8, 4) is 17.0 Å². The summed E-state index contributed by atoms with van der Waals surface area (Å²) < 4.78 is 5.63. The van der Waals surface area contributed by atoms with E-state index in [4.69, 9.17) is 4.74 Å². The van der Waals surface area contributed by atoms with Gasteiger partial charge in [-0.05, 0) is 26.0 Å². The number of nitrogens with one attached hydrogen (secondary N) is 1. The highest BCUT2D eigenvalue weighted by molar-refractivity contribution is 7.14. The highest BCUT2D eigenvalue weighted by Crippen LogP contribution is 2.32. The van der Waals surface area contributed by atoms with Crippen LogP contribution in [0.2, 0.25) is 0 Å². The normalized spacial score (nSPS) is 10.6. The number of aryl methyl sites for hydroxylation is 1. The van der Waals surface area contributed by atoms with Crippen LogP contribution < -0.4 is 10.1 Å². The third-order valence-corrected chi connectivity index (χ3v) is 4.80. The van der Waals surface area contributed by atoms with E-state index in [0.29, 0.717) is 11.7 Å². The van der Waals surface area contributed by atoms with Gasteiger partial charge in [0.15, 0.2) is 5.13 Å². The predicted octanol–water partition coefficient (Wildman–Crippen LogP) is 4.15. The summed E-state index contributed by atoms with van der Waals surface area (Å²) >= 11 is 2.94. The summed E-state index contributed by atoms with van der Waals surface area (Å²) in [5.74, 6) is 0.681. The Bertz CT molecular complexity index is 842. The first-order valence-corrected chi connectivity index (χ1v) is 9.30. The number of para-hydroxylation sites is 1. The molecule has 3 rings (SSSR count). The first kappa shape index (κ1) is 16.6. The van der Waals surface area contributed by atoms with Crippen molar-refractivity contribution in [3.63, 3.8) is 0 Å². The monoisotopic (exact) mass is 359 g/mol. The summed E-state index contributed by atoms with van der Waals surface area (Å²) in [5, 5.41) is 8.19. The summed E-state index contributed by atoms with van der Waals surface area (Å²) in [6.07, 6.45) is 0.259. The van der Waals surface area contributed by atoms with E-state index >= 15 is 0 Å². The Morgan fingerprint density at radius 3 is 2.79 bits per heavy atom. The molecule has 0 aliphatic heterocycles. The number of ether oxygens (including phenoxy) is 1. The first-order valence-electron chi connectivity index (χ1n) is 7.54. The average molecular weight is 359 g/mol. The van der Waals surface area contributed by atoms with E-state index < -0.39 is 0 Å². The van der Waals surface area contributed by atoms with Crippen molar-refractivity contribution in [1.29, 1.82) is 0 Å². The summed E-state index contributed by atoms with van der Waals surface area (Å²) in [6.45, 7) is 4.47. The number of hydrogen-bond acceptors (Lipinski definition) is 6. The van der Waals surface area contributed by atoms with Crippen molar-refractivity contribution < 1.29 is 9.53 Å². The van der Waals surface area contributed by atoms with Gasteiger partial charge in [-0.15, -0.1) is 22.7 Å². The summed E-state index contributed by atoms with van der Waals surface area (Å²) in [6, 6.07) is 7.75. The van der Waals surface area contributed by atoms with Gasteiger partial charge >= 0.3 is 0 Å². The molecule has 24 heavy (non-hydrogen) atoms. The van der Waals surface area contributed by atoms with Crippen LogP contribution in [0.1, 0.15) is 17.6 Å². The predicted molar refractivity (Wildman–Crippen MR) is 97.9 cm³/mol. The fourth-order valence-electron chi connectivity index (χ4n) is 2.23. The molecule has 0 aliphatic carbocycles. The van der Waals surface area contributed by atoms with Gasteiger partial charge in [-0.25, -0.2) is 9.97 Å². The lowest BCUT2D eigenvalue weighted by atomic mass is 10.1. The molecule has 0 bridgehead atoms. The Morgan fingerprint density at radius 1 is 1.21 bits per heavy atom. The highest BCUT2D eigenvalue weighted by Gasteiger charge is 2.12. The molecule has 124 valence electrons. The Labute approximate surface area is 148 Å². The van der Waals surface area contributed by atoms with Gasteiger partial charge in [-0.3, -0.25) is 4.79 Å². The van der Waals surface area contributed by atoms with Gasteiger partial charge < -0.3 is 10.1 Å². The lowest BCUT2D eigenvalue weighted by Crippen LogP contribution is -2.14. The zero-order valence-electron chi connectivity index (χ0n) is 13.4. The lowest BCUT2D eigenvalue weighted by molar-refractivity contribution is -0.115. The Hall–Kier alpha value is -2.25. The molecule has 0 aliphatic rings. The van der Waals surface area contributed by atoms with E-state index in [9.17, 15) is 4.79 Å². The minimum atomic E-state index is -0.112. The molecule has 2 heterocycles. The second kappa shape index (κ2) is 7.55. The van der Waals surface area contributed by atoms with E-state index in [1.165, 1.54) is 11.3 Å². The van der Waals surface area contributed by atoms with Crippen LogP contribution in [0.3, 0.4) is 0 Å². The third-order valence-electron chi connectivity index (χ3n) is 3.22. The minimum absolute atomic E-state index is 0.112. The van der Waals surface area contributed by atoms with Crippen molar-refractivity contribution in [2.75, 3.05) is 11.9 Å². The van der Waals surface area contributed by atoms with Gasteiger partial charge in [0, 0.05) is 16.3 Å². The fraction of sp³-hybridized carbons (Fsp3) is 0.235. The molecular formula is C17H17N3O2S2. The Balaban J connectivity index is 1.70. The van der Waals surface area contributed by atoms with Crippen molar-refractivity contribution >= 4 is 33.7 Å². The second-order valence-electron chi connectivity index (χ2n) is 5.05. The molecule has 2 aromatic heterocycles. The molecule has 5 nitrogen and oxygen atoms in total. The molecule has 0 spiro atoms. The maximum absolute atomic E-state index is 12.1. The number of hydrogen-bond donors (Lipinski definition) is 1. The summed E-state index contributed by atoms with van der Waals surface area (Å²) in [4.78, 5) is 20.9. The van der Waals surface area contributed by atoms with Crippen LogP contribution in [0.5, 0.6) is 5.75 Å². The molecule has 1 amide bonds. The molecule has 0 unspecified atom stereocenters. The van der Waals surface area contributed by atoms with Crippen molar-refractivity contribution in [1.82, 2.24) is 9.97 Å². The number of nitrogens with zero attached hydrogens (tertiary/aromatic N) is 2. The number of aromatic nitrogens is 2. The Morgan fingerprint density at radius 2 is 2.04 bits per heavy atom. The molecule has 7 heteroatoms.